The van der Waals surface area contributed by atoms with Gasteiger partial charge in [-0.15, -0.1) is 0 Å². The Hall–Kier alpha value is -5.80. The number of benzene rings is 5. The Morgan fingerprint density at radius 3 is 1.63 bits per heavy atom. The molecule has 202 valence electrons. The molecule has 0 aliphatic rings. The first-order valence-corrected chi connectivity index (χ1v) is 14.5. The lowest BCUT2D eigenvalue weighted by molar-refractivity contribution is 1.17. The van der Waals surface area contributed by atoms with Crippen LogP contribution in [0.5, 0.6) is 0 Å². The van der Waals surface area contributed by atoms with E-state index >= 15 is 0 Å². The summed E-state index contributed by atoms with van der Waals surface area (Å²) in [6.07, 6.45) is 3.82. The number of rotatable bonds is 5. The molecule has 3 heterocycles. The highest BCUT2D eigenvalue weighted by molar-refractivity contribution is 6.08. The molecule has 0 amide bonds. The minimum Gasteiger partial charge on any atom is -0.308 e. The van der Waals surface area contributed by atoms with Gasteiger partial charge in [-0.1, -0.05) is 115 Å². The van der Waals surface area contributed by atoms with Crippen molar-refractivity contribution in [1.29, 1.82) is 0 Å². The molecule has 3 heteroatoms. The maximum atomic E-state index is 5.12. The van der Waals surface area contributed by atoms with E-state index in [1.54, 1.807) is 0 Å². The van der Waals surface area contributed by atoms with Crippen molar-refractivity contribution in [3.8, 4) is 50.5 Å². The zero-order valence-electron chi connectivity index (χ0n) is 23.4. The number of nitrogens with zero attached hydrogens (tertiary/aromatic N) is 3. The molecular weight excluding hydrogens is 522 g/mol. The molecule has 8 rings (SSSR count). The minimum absolute atomic E-state index is 0.952. The maximum absolute atomic E-state index is 5.12. The predicted molar refractivity (Wildman–Crippen MR) is 178 cm³/mol. The first-order valence-electron chi connectivity index (χ1n) is 14.5. The second kappa shape index (κ2) is 10.6. The Balaban J connectivity index is 1.22. The minimum atomic E-state index is 0.952. The number of fused-ring (bicyclic) bond motifs is 3. The largest absolute Gasteiger partial charge is 0.308 e. The van der Waals surface area contributed by atoms with E-state index in [4.69, 9.17) is 4.98 Å². The topological polar surface area (TPSA) is 30.7 Å². The van der Waals surface area contributed by atoms with Crippen molar-refractivity contribution >= 4 is 21.8 Å². The molecule has 3 nitrogen and oxygen atoms in total. The molecule has 5 aromatic carbocycles. The highest BCUT2D eigenvalue weighted by Gasteiger charge is 2.13. The van der Waals surface area contributed by atoms with Crippen LogP contribution in [-0.2, 0) is 0 Å². The van der Waals surface area contributed by atoms with E-state index in [-0.39, 0.29) is 0 Å². The van der Waals surface area contributed by atoms with Gasteiger partial charge >= 0.3 is 0 Å². The smallest absolute Gasteiger partial charge is 0.0724 e. The van der Waals surface area contributed by atoms with Crippen LogP contribution in [0.4, 0.5) is 0 Å². The molecule has 0 fully saturated rings. The van der Waals surface area contributed by atoms with Crippen molar-refractivity contribution in [2.75, 3.05) is 0 Å². The summed E-state index contributed by atoms with van der Waals surface area (Å²) in [5.41, 5.74) is 12.2. The van der Waals surface area contributed by atoms with Gasteiger partial charge in [0.25, 0.3) is 0 Å². The standard InChI is InChI=1S/C40H27N3/c1-3-9-28(10-4-1)29-15-17-32(18-16-29)38-26-33(25-37(42-38)31-11-5-2-6-12-31)30-19-21-34(22-20-30)43-39-14-8-7-13-35(39)36-23-24-41-27-40(36)43/h1-27H. The van der Waals surface area contributed by atoms with Crippen LogP contribution in [0.15, 0.2) is 164 Å². The molecule has 0 atom stereocenters. The van der Waals surface area contributed by atoms with E-state index in [0.29, 0.717) is 0 Å². The summed E-state index contributed by atoms with van der Waals surface area (Å²) in [6, 6.07) is 53.4. The van der Waals surface area contributed by atoms with Gasteiger partial charge in [0.05, 0.1) is 28.6 Å². The fourth-order valence-electron chi connectivity index (χ4n) is 5.97. The van der Waals surface area contributed by atoms with Gasteiger partial charge in [-0.2, -0.15) is 0 Å². The van der Waals surface area contributed by atoms with Crippen molar-refractivity contribution in [2.24, 2.45) is 0 Å². The van der Waals surface area contributed by atoms with Crippen molar-refractivity contribution in [3.63, 3.8) is 0 Å². The van der Waals surface area contributed by atoms with Crippen LogP contribution in [0, 0.1) is 0 Å². The van der Waals surface area contributed by atoms with Crippen molar-refractivity contribution < 1.29 is 0 Å². The van der Waals surface area contributed by atoms with Crippen molar-refractivity contribution in [2.45, 2.75) is 0 Å². The lowest BCUT2D eigenvalue weighted by Crippen LogP contribution is -1.95. The molecule has 43 heavy (non-hydrogen) atoms. The van der Waals surface area contributed by atoms with Gasteiger partial charge in [-0.3, -0.25) is 4.98 Å². The van der Waals surface area contributed by atoms with E-state index in [1.807, 2.05) is 24.5 Å². The zero-order chi connectivity index (χ0) is 28.6. The van der Waals surface area contributed by atoms with E-state index in [1.165, 1.54) is 27.4 Å². The Morgan fingerprint density at radius 2 is 0.907 bits per heavy atom. The van der Waals surface area contributed by atoms with Gasteiger partial charge in [-0.25, -0.2) is 4.98 Å². The second-order valence-electron chi connectivity index (χ2n) is 10.7. The summed E-state index contributed by atoms with van der Waals surface area (Å²) < 4.78 is 2.29. The third kappa shape index (κ3) is 4.58. The zero-order valence-corrected chi connectivity index (χ0v) is 23.4. The van der Waals surface area contributed by atoms with Gasteiger partial charge in [0.2, 0.25) is 0 Å². The molecule has 3 aromatic heterocycles. The first-order chi connectivity index (χ1) is 21.3. The van der Waals surface area contributed by atoms with Crippen LogP contribution >= 0.6 is 0 Å². The SMILES string of the molecule is c1ccc(-c2ccc(-c3cc(-c4ccc(-n5c6ccccc6c6ccncc65)cc4)cc(-c4ccccc4)n3)cc2)cc1. The van der Waals surface area contributed by atoms with Gasteiger partial charge < -0.3 is 4.57 Å². The lowest BCUT2D eigenvalue weighted by Gasteiger charge is -2.12. The Kier molecular flexibility index (Phi) is 6.12. The predicted octanol–water partition coefficient (Wildman–Crippen LogP) is 10.2. The van der Waals surface area contributed by atoms with Gasteiger partial charge in [0.1, 0.15) is 0 Å². The molecule has 0 saturated heterocycles. The van der Waals surface area contributed by atoms with E-state index < -0.39 is 0 Å². The molecule has 0 radical (unpaired) electrons. The molecule has 0 N–H and O–H groups in total. The third-order valence-corrected chi connectivity index (χ3v) is 8.12. The third-order valence-electron chi connectivity index (χ3n) is 8.12. The van der Waals surface area contributed by atoms with E-state index in [2.05, 4.69) is 149 Å². The van der Waals surface area contributed by atoms with Gasteiger partial charge in [0.15, 0.2) is 0 Å². The van der Waals surface area contributed by atoms with E-state index in [9.17, 15) is 0 Å². The van der Waals surface area contributed by atoms with Crippen LogP contribution in [-0.4, -0.2) is 14.5 Å². The molecule has 0 bridgehead atoms. The molecule has 0 saturated carbocycles. The second-order valence-corrected chi connectivity index (χ2v) is 10.7. The fourth-order valence-corrected chi connectivity index (χ4v) is 5.97. The molecule has 0 aliphatic carbocycles. The normalized spacial score (nSPS) is 11.3. The van der Waals surface area contributed by atoms with Crippen LogP contribution in [0.1, 0.15) is 0 Å². The summed E-state index contributed by atoms with van der Waals surface area (Å²) in [5, 5.41) is 2.44. The Labute approximate surface area is 250 Å². The summed E-state index contributed by atoms with van der Waals surface area (Å²) >= 11 is 0. The molecule has 0 unspecified atom stereocenters. The Bertz CT molecular complexity index is 2140. The molecule has 0 aliphatic heterocycles. The molecular formula is C40H27N3. The number of hydrogen-bond acceptors (Lipinski definition) is 2. The van der Waals surface area contributed by atoms with Crippen LogP contribution in [0.3, 0.4) is 0 Å². The molecule has 8 aromatic rings. The average molecular weight is 550 g/mol. The van der Waals surface area contributed by atoms with Crippen molar-refractivity contribution in [1.82, 2.24) is 14.5 Å². The lowest BCUT2D eigenvalue weighted by atomic mass is 9.98. The summed E-state index contributed by atoms with van der Waals surface area (Å²) in [6.45, 7) is 0. The number of hydrogen-bond donors (Lipinski definition) is 0. The van der Waals surface area contributed by atoms with Gasteiger partial charge in [-0.05, 0) is 58.7 Å². The van der Waals surface area contributed by atoms with Crippen LogP contribution in [0.25, 0.3) is 72.3 Å². The summed E-state index contributed by atoms with van der Waals surface area (Å²) in [5.74, 6) is 0. The van der Waals surface area contributed by atoms with Crippen LogP contribution in [0.2, 0.25) is 0 Å². The highest BCUT2D eigenvalue weighted by Crippen LogP contribution is 2.34. The highest BCUT2D eigenvalue weighted by atomic mass is 15.0. The van der Waals surface area contributed by atoms with Crippen LogP contribution < -0.4 is 0 Å². The quantitative estimate of drug-likeness (QED) is 0.214. The first kappa shape index (κ1) is 25.0. The number of aromatic nitrogens is 3. The maximum Gasteiger partial charge on any atom is 0.0724 e. The van der Waals surface area contributed by atoms with Crippen molar-refractivity contribution in [3.05, 3.63) is 164 Å². The monoisotopic (exact) mass is 549 g/mol. The number of para-hydroxylation sites is 1. The molecule has 0 spiro atoms. The summed E-state index contributed by atoms with van der Waals surface area (Å²) in [4.78, 5) is 9.55. The van der Waals surface area contributed by atoms with Gasteiger partial charge in [0, 0.05) is 33.8 Å². The Morgan fingerprint density at radius 1 is 0.395 bits per heavy atom. The number of pyridine rings is 2. The van der Waals surface area contributed by atoms with E-state index in [0.717, 1.165) is 44.8 Å². The average Bonchev–Trinajstić information content (AvgIpc) is 3.43. The summed E-state index contributed by atoms with van der Waals surface area (Å²) in [7, 11) is 0. The fraction of sp³-hybridized carbons (Fsp3) is 0.